The minimum Gasteiger partial charge on any atom is -0.373 e. The highest BCUT2D eigenvalue weighted by Crippen LogP contribution is 2.29. The Labute approximate surface area is 149 Å². The van der Waals surface area contributed by atoms with Crippen molar-refractivity contribution in [2.45, 2.75) is 38.8 Å². The number of rotatable bonds is 6. The van der Waals surface area contributed by atoms with Gasteiger partial charge in [-0.05, 0) is 39.9 Å². The van der Waals surface area contributed by atoms with Crippen molar-refractivity contribution in [3.63, 3.8) is 0 Å². The number of nitrogens with one attached hydrogen (secondary N) is 1. The van der Waals surface area contributed by atoms with E-state index >= 15 is 0 Å². The SMILES string of the molecule is CCn1c(CN(C)C)nnc1C1CCN(c2nccc(NC)n2)CC1. The molecule has 0 atom stereocenters. The second kappa shape index (κ2) is 7.77. The van der Waals surface area contributed by atoms with Gasteiger partial charge in [-0.25, -0.2) is 4.98 Å². The molecule has 1 aliphatic rings. The van der Waals surface area contributed by atoms with Crippen molar-refractivity contribution in [3.8, 4) is 0 Å². The smallest absolute Gasteiger partial charge is 0.227 e. The van der Waals surface area contributed by atoms with E-state index in [0.717, 1.165) is 62.4 Å². The fourth-order valence-electron chi connectivity index (χ4n) is 3.37. The van der Waals surface area contributed by atoms with Crippen LogP contribution in [0, 0.1) is 0 Å². The highest BCUT2D eigenvalue weighted by atomic mass is 15.3. The molecule has 0 saturated carbocycles. The molecule has 3 heterocycles. The lowest BCUT2D eigenvalue weighted by Crippen LogP contribution is -2.35. The van der Waals surface area contributed by atoms with Gasteiger partial charge in [0.15, 0.2) is 0 Å². The average Bonchev–Trinajstić information content (AvgIpc) is 3.03. The molecule has 8 nitrogen and oxygen atoms in total. The molecule has 0 amide bonds. The van der Waals surface area contributed by atoms with Crippen molar-refractivity contribution in [1.29, 1.82) is 0 Å². The number of nitrogens with zero attached hydrogens (tertiary/aromatic N) is 7. The molecule has 0 spiro atoms. The van der Waals surface area contributed by atoms with Gasteiger partial charge in [0, 0.05) is 38.8 Å². The molecule has 1 aliphatic heterocycles. The maximum absolute atomic E-state index is 4.55. The van der Waals surface area contributed by atoms with Crippen molar-refractivity contribution < 1.29 is 0 Å². The van der Waals surface area contributed by atoms with E-state index in [1.807, 2.05) is 19.3 Å². The first-order valence-electron chi connectivity index (χ1n) is 8.94. The summed E-state index contributed by atoms with van der Waals surface area (Å²) in [6, 6.07) is 1.88. The quantitative estimate of drug-likeness (QED) is 0.852. The van der Waals surface area contributed by atoms with Gasteiger partial charge >= 0.3 is 0 Å². The minimum absolute atomic E-state index is 0.451. The van der Waals surface area contributed by atoms with E-state index in [0.29, 0.717) is 5.92 Å². The van der Waals surface area contributed by atoms with Gasteiger partial charge in [-0.3, -0.25) is 0 Å². The normalized spacial score (nSPS) is 15.8. The monoisotopic (exact) mass is 344 g/mol. The van der Waals surface area contributed by atoms with Crippen LogP contribution in [0.3, 0.4) is 0 Å². The number of aromatic nitrogens is 5. The predicted molar refractivity (Wildman–Crippen MR) is 98.9 cm³/mol. The summed E-state index contributed by atoms with van der Waals surface area (Å²) in [5.74, 6) is 4.28. The average molecular weight is 344 g/mol. The van der Waals surface area contributed by atoms with Crippen molar-refractivity contribution in [2.75, 3.05) is 44.4 Å². The fraction of sp³-hybridized carbons (Fsp3) is 0.647. The Kier molecular flexibility index (Phi) is 5.47. The Morgan fingerprint density at radius 2 is 2.00 bits per heavy atom. The third-order valence-corrected chi connectivity index (χ3v) is 4.67. The highest BCUT2D eigenvalue weighted by molar-refractivity contribution is 5.41. The third kappa shape index (κ3) is 3.89. The van der Waals surface area contributed by atoms with E-state index in [-0.39, 0.29) is 0 Å². The molecular weight excluding hydrogens is 316 g/mol. The molecule has 0 aliphatic carbocycles. The summed E-state index contributed by atoms with van der Waals surface area (Å²) >= 11 is 0. The number of hydrogen-bond acceptors (Lipinski definition) is 7. The van der Waals surface area contributed by atoms with Crippen LogP contribution in [-0.2, 0) is 13.1 Å². The highest BCUT2D eigenvalue weighted by Gasteiger charge is 2.27. The summed E-state index contributed by atoms with van der Waals surface area (Å²) in [5.41, 5.74) is 0. The van der Waals surface area contributed by atoms with Gasteiger partial charge in [-0.2, -0.15) is 4.98 Å². The van der Waals surface area contributed by atoms with E-state index in [4.69, 9.17) is 0 Å². The van der Waals surface area contributed by atoms with Gasteiger partial charge in [0.2, 0.25) is 5.95 Å². The van der Waals surface area contributed by atoms with Crippen molar-refractivity contribution in [3.05, 3.63) is 23.9 Å². The van der Waals surface area contributed by atoms with Crippen LogP contribution in [0.2, 0.25) is 0 Å². The maximum Gasteiger partial charge on any atom is 0.227 e. The van der Waals surface area contributed by atoms with Crippen LogP contribution < -0.4 is 10.2 Å². The van der Waals surface area contributed by atoms with Gasteiger partial charge in [0.05, 0.1) is 6.54 Å². The second-order valence-electron chi connectivity index (χ2n) is 6.71. The zero-order valence-electron chi connectivity index (χ0n) is 15.6. The first-order valence-corrected chi connectivity index (χ1v) is 8.94. The molecular formula is C17H28N8. The van der Waals surface area contributed by atoms with Gasteiger partial charge in [0.25, 0.3) is 0 Å². The standard InChI is InChI=1S/C17H28N8/c1-5-25-15(12-23(3)4)21-22-16(25)13-7-10-24(11-8-13)17-19-9-6-14(18-2)20-17/h6,9,13H,5,7-8,10-12H2,1-4H3,(H,18,19,20). The Hall–Kier alpha value is -2.22. The summed E-state index contributed by atoms with van der Waals surface area (Å²) in [6.45, 7) is 5.79. The molecule has 0 aromatic carbocycles. The fourth-order valence-corrected chi connectivity index (χ4v) is 3.37. The Morgan fingerprint density at radius 1 is 1.24 bits per heavy atom. The van der Waals surface area contributed by atoms with E-state index in [2.05, 4.69) is 60.9 Å². The van der Waals surface area contributed by atoms with Gasteiger partial charge in [-0.15, -0.1) is 10.2 Å². The van der Waals surface area contributed by atoms with Gasteiger partial charge in [-0.1, -0.05) is 0 Å². The molecule has 1 N–H and O–H groups in total. The van der Waals surface area contributed by atoms with Crippen molar-refractivity contribution >= 4 is 11.8 Å². The van der Waals surface area contributed by atoms with E-state index < -0.39 is 0 Å². The van der Waals surface area contributed by atoms with E-state index in [1.54, 1.807) is 0 Å². The Balaban J connectivity index is 1.69. The van der Waals surface area contributed by atoms with Gasteiger partial charge in [0.1, 0.15) is 17.5 Å². The zero-order valence-corrected chi connectivity index (χ0v) is 15.6. The summed E-state index contributed by atoms with van der Waals surface area (Å²) in [7, 11) is 6.00. The number of anilines is 2. The lowest BCUT2D eigenvalue weighted by Gasteiger charge is -2.31. The number of hydrogen-bond donors (Lipinski definition) is 1. The molecule has 8 heteroatoms. The summed E-state index contributed by atoms with van der Waals surface area (Å²) in [4.78, 5) is 13.4. The van der Waals surface area contributed by atoms with Crippen LogP contribution >= 0.6 is 0 Å². The molecule has 0 bridgehead atoms. The molecule has 1 fully saturated rings. The van der Waals surface area contributed by atoms with Crippen LogP contribution in [-0.4, -0.2) is 63.9 Å². The molecule has 1 saturated heterocycles. The van der Waals surface area contributed by atoms with Crippen LogP contribution in [0.5, 0.6) is 0 Å². The lowest BCUT2D eigenvalue weighted by molar-refractivity contribution is 0.377. The lowest BCUT2D eigenvalue weighted by atomic mass is 9.96. The van der Waals surface area contributed by atoms with Crippen molar-refractivity contribution in [1.82, 2.24) is 29.6 Å². The topological polar surface area (TPSA) is 75.0 Å². The van der Waals surface area contributed by atoms with Crippen LogP contribution in [0.4, 0.5) is 11.8 Å². The summed E-state index contributed by atoms with van der Waals surface area (Å²) in [6.07, 6.45) is 3.90. The molecule has 0 radical (unpaired) electrons. The summed E-state index contributed by atoms with van der Waals surface area (Å²) in [5, 5.41) is 12.0. The van der Waals surface area contributed by atoms with Crippen LogP contribution in [0.15, 0.2) is 12.3 Å². The van der Waals surface area contributed by atoms with Crippen molar-refractivity contribution in [2.24, 2.45) is 0 Å². The molecule has 2 aromatic heterocycles. The molecule has 25 heavy (non-hydrogen) atoms. The van der Waals surface area contributed by atoms with Gasteiger partial charge < -0.3 is 19.7 Å². The second-order valence-corrected chi connectivity index (χ2v) is 6.71. The van der Waals surface area contributed by atoms with Crippen LogP contribution in [0.25, 0.3) is 0 Å². The van der Waals surface area contributed by atoms with E-state index in [1.165, 1.54) is 0 Å². The van der Waals surface area contributed by atoms with Crippen LogP contribution in [0.1, 0.15) is 37.3 Å². The minimum atomic E-state index is 0.451. The number of piperidine rings is 1. The molecule has 2 aromatic rings. The molecule has 0 unspecified atom stereocenters. The van der Waals surface area contributed by atoms with E-state index in [9.17, 15) is 0 Å². The summed E-state index contributed by atoms with van der Waals surface area (Å²) < 4.78 is 2.28. The first-order chi connectivity index (χ1) is 12.1. The Morgan fingerprint density at radius 3 is 2.64 bits per heavy atom. The molecule has 136 valence electrons. The molecule has 3 rings (SSSR count). The zero-order chi connectivity index (χ0) is 17.8. The largest absolute Gasteiger partial charge is 0.373 e. The third-order valence-electron chi connectivity index (χ3n) is 4.67. The Bertz CT molecular complexity index is 688. The predicted octanol–water partition coefficient (Wildman–Crippen LogP) is 1.58. The maximum atomic E-state index is 4.55. The first kappa shape index (κ1) is 17.6.